The van der Waals surface area contributed by atoms with Crippen molar-refractivity contribution in [1.82, 2.24) is 10.2 Å². The van der Waals surface area contributed by atoms with Crippen LogP contribution in [0.25, 0.3) is 0 Å². The molecule has 0 bridgehead atoms. The maximum Gasteiger partial charge on any atom is 0.241 e. The van der Waals surface area contributed by atoms with Crippen LogP contribution in [0.5, 0.6) is 0 Å². The number of hydrogen-bond acceptors (Lipinski definition) is 3. The van der Waals surface area contributed by atoms with Gasteiger partial charge >= 0.3 is 0 Å². The number of aryl methyl sites for hydroxylation is 1. The third-order valence-electron chi connectivity index (χ3n) is 4.74. The number of nitrogens with zero attached hydrogens (tertiary/aromatic N) is 1. The SMILES string of the molecule is Cc1ccc(C(N)C(=O)NCC2(C(=O)N(C)C)CCCC2)cc1.Cl. The third-order valence-corrected chi connectivity index (χ3v) is 4.74. The molecule has 2 amide bonds. The quantitative estimate of drug-likeness (QED) is 0.851. The molecule has 0 spiro atoms. The monoisotopic (exact) mass is 353 g/mol. The number of carbonyl (C=O) groups is 2. The molecule has 1 aliphatic rings. The van der Waals surface area contributed by atoms with E-state index in [1.807, 2.05) is 31.2 Å². The highest BCUT2D eigenvalue weighted by Crippen LogP contribution is 2.39. The van der Waals surface area contributed by atoms with Crippen LogP contribution in [-0.4, -0.2) is 37.4 Å². The second-order valence-corrected chi connectivity index (χ2v) is 6.79. The van der Waals surface area contributed by atoms with E-state index in [0.29, 0.717) is 6.54 Å². The van der Waals surface area contributed by atoms with Crippen molar-refractivity contribution in [2.75, 3.05) is 20.6 Å². The Balaban J connectivity index is 0.00000288. The molecule has 0 aromatic heterocycles. The average molecular weight is 354 g/mol. The largest absolute Gasteiger partial charge is 0.353 e. The predicted octanol–water partition coefficient (Wildman–Crippen LogP) is 2.18. The Morgan fingerprint density at radius 2 is 1.75 bits per heavy atom. The van der Waals surface area contributed by atoms with Crippen molar-refractivity contribution in [3.8, 4) is 0 Å². The van der Waals surface area contributed by atoms with Gasteiger partial charge in [0.25, 0.3) is 0 Å². The number of benzene rings is 1. The fourth-order valence-corrected chi connectivity index (χ4v) is 3.28. The van der Waals surface area contributed by atoms with E-state index in [2.05, 4.69) is 5.32 Å². The van der Waals surface area contributed by atoms with Gasteiger partial charge in [-0.1, -0.05) is 42.7 Å². The summed E-state index contributed by atoms with van der Waals surface area (Å²) in [6, 6.07) is 6.92. The van der Waals surface area contributed by atoms with Crippen LogP contribution in [0.2, 0.25) is 0 Å². The Morgan fingerprint density at radius 1 is 1.21 bits per heavy atom. The van der Waals surface area contributed by atoms with Crippen LogP contribution in [0.4, 0.5) is 0 Å². The van der Waals surface area contributed by atoms with Crippen molar-refractivity contribution in [1.29, 1.82) is 0 Å². The molecule has 2 rings (SSSR count). The van der Waals surface area contributed by atoms with Crippen molar-refractivity contribution < 1.29 is 9.59 Å². The van der Waals surface area contributed by atoms with E-state index < -0.39 is 11.5 Å². The lowest BCUT2D eigenvalue weighted by atomic mass is 9.84. The normalized spacial score (nSPS) is 16.8. The topological polar surface area (TPSA) is 75.4 Å². The Kier molecular flexibility index (Phi) is 7.24. The molecule has 0 saturated heterocycles. The summed E-state index contributed by atoms with van der Waals surface area (Å²) in [5.74, 6) is -0.133. The summed E-state index contributed by atoms with van der Waals surface area (Å²) >= 11 is 0. The van der Waals surface area contributed by atoms with E-state index >= 15 is 0 Å². The predicted molar refractivity (Wildman–Crippen MR) is 98.0 cm³/mol. The van der Waals surface area contributed by atoms with Gasteiger partial charge in [-0.2, -0.15) is 0 Å². The molecule has 5 nitrogen and oxygen atoms in total. The van der Waals surface area contributed by atoms with Crippen LogP contribution in [0.3, 0.4) is 0 Å². The van der Waals surface area contributed by atoms with Crippen molar-refractivity contribution in [3.05, 3.63) is 35.4 Å². The number of halogens is 1. The van der Waals surface area contributed by atoms with Gasteiger partial charge < -0.3 is 16.0 Å². The standard InChI is InChI=1S/C18H27N3O2.ClH/c1-13-6-8-14(9-7-13)15(19)16(22)20-12-18(10-4-5-11-18)17(23)21(2)3;/h6-9,15H,4-5,10-12,19H2,1-3H3,(H,20,22);1H. The molecule has 6 heteroatoms. The molecule has 1 saturated carbocycles. The molecular formula is C18H28ClN3O2. The summed E-state index contributed by atoms with van der Waals surface area (Å²) < 4.78 is 0. The minimum Gasteiger partial charge on any atom is -0.353 e. The van der Waals surface area contributed by atoms with Gasteiger partial charge in [-0.15, -0.1) is 12.4 Å². The van der Waals surface area contributed by atoms with Gasteiger partial charge in [0.15, 0.2) is 0 Å². The fourth-order valence-electron chi connectivity index (χ4n) is 3.28. The minimum atomic E-state index is -0.705. The van der Waals surface area contributed by atoms with Gasteiger partial charge in [-0.05, 0) is 25.3 Å². The Hall–Kier alpha value is -1.59. The number of carbonyl (C=O) groups excluding carboxylic acids is 2. The lowest BCUT2D eigenvalue weighted by Gasteiger charge is -2.31. The zero-order valence-corrected chi connectivity index (χ0v) is 15.5. The number of nitrogens with one attached hydrogen (secondary N) is 1. The van der Waals surface area contributed by atoms with E-state index in [4.69, 9.17) is 5.73 Å². The van der Waals surface area contributed by atoms with Crippen LogP contribution in [0.15, 0.2) is 24.3 Å². The van der Waals surface area contributed by atoms with Gasteiger partial charge in [0.2, 0.25) is 11.8 Å². The zero-order valence-electron chi connectivity index (χ0n) is 14.7. The summed E-state index contributed by atoms with van der Waals surface area (Å²) in [6.45, 7) is 2.36. The van der Waals surface area contributed by atoms with Gasteiger partial charge in [0, 0.05) is 20.6 Å². The third kappa shape index (κ3) is 4.48. The summed E-state index contributed by atoms with van der Waals surface area (Å²) in [6.07, 6.45) is 3.70. The molecule has 1 fully saturated rings. The molecule has 0 radical (unpaired) electrons. The molecule has 134 valence electrons. The number of amides is 2. The van der Waals surface area contributed by atoms with E-state index in [-0.39, 0.29) is 24.2 Å². The average Bonchev–Trinajstić information content (AvgIpc) is 3.02. The highest BCUT2D eigenvalue weighted by molar-refractivity contribution is 5.86. The summed E-state index contributed by atoms with van der Waals surface area (Å²) in [7, 11) is 3.53. The van der Waals surface area contributed by atoms with Gasteiger partial charge in [-0.3, -0.25) is 9.59 Å². The molecule has 0 heterocycles. The molecular weight excluding hydrogens is 326 g/mol. The highest BCUT2D eigenvalue weighted by atomic mass is 35.5. The van der Waals surface area contributed by atoms with Crippen LogP contribution < -0.4 is 11.1 Å². The Morgan fingerprint density at radius 3 is 2.25 bits per heavy atom. The van der Waals surface area contributed by atoms with Crippen LogP contribution >= 0.6 is 12.4 Å². The minimum absolute atomic E-state index is 0. The molecule has 1 unspecified atom stereocenters. The number of rotatable bonds is 5. The smallest absolute Gasteiger partial charge is 0.241 e. The number of nitrogens with two attached hydrogens (primary N) is 1. The summed E-state index contributed by atoms with van der Waals surface area (Å²) in [5.41, 5.74) is 7.49. The van der Waals surface area contributed by atoms with E-state index in [1.54, 1.807) is 19.0 Å². The summed E-state index contributed by atoms with van der Waals surface area (Å²) in [5, 5.41) is 2.90. The van der Waals surface area contributed by atoms with Crippen molar-refractivity contribution in [3.63, 3.8) is 0 Å². The maximum absolute atomic E-state index is 12.5. The molecule has 24 heavy (non-hydrogen) atoms. The van der Waals surface area contributed by atoms with E-state index in [9.17, 15) is 9.59 Å². The first-order valence-corrected chi connectivity index (χ1v) is 8.17. The lowest BCUT2D eigenvalue weighted by molar-refractivity contribution is -0.139. The first kappa shape index (κ1) is 20.5. The second kappa shape index (κ2) is 8.49. The van der Waals surface area contributed by atoms with Crippen molar-refractivity contribution >= 4 is 24.2 Å². The first-order valence-electron chi connectivity index (χ1n) is 8.17. The van der Waals surface area contributed by atoms with E-state index in [0.717, 1.165) is 36.8 Å². The van der Waals surface area contributed by atoms with Crippen LogP contribution in [0.1, 0.15) is 42.9 Å². The van der Waals surface area contributed by atoms with E-state index in [1.165, 1.54) is 0 Å². The molecule has 3 N–H and O–H groups in total. The Labute approximate surface area is 150 Å². The molecule has 1 atom stereocenters. The summed E-state index contributed by atoms with van der Waals surface area (Å²) in [4.78, 5) is 26.5. The Bertz CT molecular complexity index is 566. The first-order chi connectivity index (χ1) is 10.9. The molecule has 1 aromatic carbocycles. The van der Waals surface area contributed by atoms with Crippen LogP contribution in [0, 0.1) is 12.3 Å². The molecule has 1 aromatic rings. The highest BCUT2D eigenvalue weighted by Gasteiger charge is 2.42. The van der Waals surface area contributed by atoms with Crippen molar-refractivity contribution in [2.24, 2.45) is 11.1 Å². The maximum atomic E-state index is 12.5. The van der Waals surface area contributed by atoms with Gasteiger partial charge in [0.05, 0.1) is 5.41 Å². The number of hydrogen-bond donors (Lipinski definition) is 2. The van der Waals surface area contributed by atoms with Gasteiger partial charge in [0.1, 0.15) is 6.04 Å². The molecule has 0 aliphatic heterocycles. The zero-order chi connectivity index (χ0) is 17.0. The second-order valence-electron chi connectivity index (χ2n) is 6.79. The van der Waals surface area contributed by atoms with Crippen LogP contribution in [-0.2, 0) is 9.59 Å². The molecule has 1 aliphatic carbocycles. The van der Waals surface area contributed by atoms with Crippen molar-refractivity contribution in [2.45, 2.75) is 38.6 Å². The fraction of sp³-hybridized carbons (Fsp3) is 0.556. The lowest BCUT2D eigenvalue weighted by Crippen LogP contribution is -2.48. The van der Waals surface area contributed by atoms with Gasteiger partial charge in [-0.25, -0.2) is 0 Å².